The maximum absolute atomic E-state index is 13.3. The third-order valence-electron chi connectivity index (χ3n) is 2.10. The van der Waals surface area contributed by atoms with Gasteiger partial charge >= 0.3 is 0 Å². The van der Waals surface area contributed by atoms with Crippen molar-refractivity contribution < 1.29 is 8.78 Å². The molecule has 0 N–H and O–H groups in total. The maximum atomic E-state index is 13.3. The minimum Gasteiger partial charge on any atom is -0.207 e. The van der Waals surface area contributed by atoms with Gasteiger partial charge in [0.05, 0.1) is 5.56 Å². The molecule has 0 bridgehead atoms. The van der Waals surface area contributed by atoms with E-state index in [1.165, 1.54) is 12.1 Å². The lowest BCUT2D eigenvalue weighted by Gasteiger charge is -1.94. The van der Waals surface area contributed by atoms with E-state index in [-0.39, 0.29) is 5.56 Å². The minimum atomic E-state index is -0.667. The number of rotatable bonds is 0. The van der Waals surface area contributed by atoms with Crippen molar-refractivity contribution in [2.24, 2.45) is 0 Å². The van der Waals surface area contributed by atoms with Crippen LogP contribution in [0.5, 0.6) is 0 Å². The molecule has 2 rings (SSSR count). The summed E-state index contributed by atoms with van der Waals surface area (Å²) < 4.78 is 25.9. The Morgan fingerprint density at radius 1 is 0.941 bits per heavy atom. The van der Waals surface area contributed by atoms with Gasteiger partial charge in [0.25, 0.3) is 0 Å². The molecule has 17 heavy (non-hydrogen) atoms. The molecule has 0 aliphatic heterocycles. The first-order chi connectivity index (χ1) is 8.15. The van der Waals surface area contributed by atoms with Crippen LogP contribution < -0.4 is 0 Å². The standard InChI is InChI=1S/C14H7ClF2/c15-12-3-1-2-10(8-12)4-5-11-6-7-13(16)9-14(11)17/h1-3,6-9H. The predicted molar refractivity (Wildman–Crippen MR) is 63.8 cm³/mol. The molecule has 0 fully saturated rings. The average molecular weight is 249 g/mol. The molecule has 2 aromatic rings. The molecule has 0 amide bonds. The van der Waals surface area contributed by atoms with Gasteiger partial charge in [-0.3, -0.25) is 0 Å². The van der Waals surface area contributed by atoms with E-state index >= 15 is 0 Å². The van der Waals surface area contributed by atoms with Crippen LogP contribution in [0.4, 0.5) is 8.78 Å². The molecule has 0 saturated heterocycles. The summed E-state index contributed by atoms with van der Waals surface area (Å²) in [5.74, 6) is 4.12. The lowest BCUT2D eigenvalue weighted by atomic mass is 10.1. The van der Waals surface area contributed by atoms with E-state index in [1.807, 2.05) is 0 Å². The highest BCUT2D eigenvalue weighted by Gasteiger charge is 1.99. The summed E-state index contributed by atoms with van der Waals surface area (Å²) >= 11 is 5.79. The van der Waals surface area contributed by atoms with Crippen LogP contribution in [0.2, 0.25) is 5.02 Å². The van der Waals surface area contributed by atoms with Crippen molar-refractivity contribution in [1.82, 2.24) is 0 Å². The summed E-state index contributed by atoms with van der Waals surface area (Å²) in [6, 6.07) is 10.2. The molecule has 0 heterocycles. The second-order valence-corrected chi connectivity index (χ2v) is 3.82. The molecule has 2 aromatic carbocycles. The van der Waals surface area contributed by atoms with Crippen LogP contribution in [-0.2, 0) is 0 Å². The Morgan fingerprint density at radius 2 is 1.76 bits per heavy atom. The van der Waals surface area contributed by atoms with Gasteiger partial charge in [0.1, 0.15) is 11.6 Å². The molecule has 0 radical (unpaired) electrons. The minimum absolute atomic E-state index is 0.159. The smallest absolute Gasteiger partial charge is 0.141 e. The Morgan fingerprint density at radius 3 is 2.47 bits per heavy atom. The topological polar surface area (TPSA) is 0 Å². The molecule has 0 spiro atoms. The fourth-order valence-corrected chi connectivity index (χ4v) is 1.49. The lowest BCUT2D eigenvalue weighted by molar-refractivity contribution is 0.581. The highest BCUT2D eigenvalue weighted by Crippen LogP contribution is 2.11. The van der Waals surface area contributed by atoms with Crippen LogP contribution in [-0.4, -0.2) is 0 Å². The first-order valence-electron chi connectivity index (χ1n) is 4.88. The van der Waals surface area contributed by atoms with E-state index in [0.29, 0.717) is 10.6 Å². The van der Waals surface area contributed by atoms with Crippen LogP contribution in [0, 0.1) is 23.5 Å². The Kier molecular flexibility index (Phi) is 3.41. The number of benzene rings is 2. The van der Waals surface area contributed by atoms with Gasteiger partial charge in [0.2, 0.25) is 0 Å². The van der Waals surface area contributed by atoms with E-state index in [2.05, 4.69) is 11.8 Å². The fraction of sp³-hybridized carbons (Fsp3) is 0. The van der Waals surface area contributed by atoms with Crippen molar-refractivity contribution in [2.45, 2.75) is 0 Å². The van der Waals surface area contributed by atoms with Gasteiger partial charge in [-0.25, -0.2) is 8.78 Å². The summed E-state index contributed by atoms with van der Waals surface area (Å²) in [5.41, 5.74) is 0.840. The van der Waals surface area contributed by atoms with Crippen molar-refractivity contribution in [3.63, 3.8) is 0 Å². The average Bonchev–Trinajstić information content (AvgIpc) is 2.28. The third-order valence-corrected chi connectivity index (χ3v) is 2.33. The Hall–Kier alpha value is -1.85. The summed E-state index contributed by atoms with van der Waals surface area (Å²) in [4.78, 5) is 0. The molecule has 0 nitrogen and oxygen atoms in total. The van der Waals surface area contributed by atoms with E-state index in [9.17, 15) is 8.78 Å². The normalized spacial score (nSPS) is 9.59. The van der Waals surface area contributed by atoms with Gasteiger partial charge in [0, 0.05) is 16.7 Å². The highest BCUT2D eigenvalue weighted by atomic mass is 35.5. The van der Waals surface area contributed by atoms with Crippen molar-refractivity contribution in [3.8, 4) is 11.8 Å². The number of halogens is 3. The second-order valence-electron chi connectivity index (χ2n) is 3.38. The zero-order valence-electron chi connectivity index (χ0n) is 8.68. The van der Waals surface area contributed by atoms with Gasteiger partial charge in [0.15, 0.2) is 0 Å². The predicted octanol–water partition coefficient (Wildman–Crippen LogP) is 4.02. The molecular weight excluding hydrogens is 242 g/mol. The maximum Gasteiger partial charge on any atom is 0.141 e. The van der Waals surface area contributed by atoms with E-state index in [0.717, 1.165) is 6.07 Å². The Bertz CT molecular complexity index is 609. The summed E-state index contributed by atoms with van der Waals surface area (Å²) in [6.07, 6.45) is 0. The van der Waals surface area contributed by atoms with Gasteiger partial charge in [-0.1, -0.05) is 29.5 Å². The van der Waals surface area contributed by atoms with E-state index < -0.39 is 11.6 Å². The van der Waals surface area contributed by atoms with Gasteiger partial charge < -0.3 is 0 Å². The zero-order chi connectivity index (χ0) is 12.3. The van der Waals surface area contributed by atoms with Crippen molar-refractivity contribution in [3.05, 3.63) is 70.2 Å². The fourth-order valence-electron chi connectivity index (χ4n) is 1.30. The van der Waals surface area contributed by atoms with Crippen LogP contribution in [0.25, 0.3) is 0 Å². The molecule has 0 aliphatic rings. The monoisotopic (exact) mass is 248 g/mol. The first-order valence-corrected chi connectivity index (χ1v) is 5.25. The van der Waals surface area contributed by atoms with E-state index in [1.54, 1.807) is 24.3 Å². The summed E-state index contributed by atoms with van der Waals surface area (Å²) in [5, 5.41) is 0.566. The van der Waals surface area contributed by atoms with E-state index in [4.69, 9.17) is 11.6 Å². The molecule has 0 atom stereocenters. The molecule has 3 heteroatoms. The molecule has 0 saturated carbocycles. The Balaban J connectivity index is 2.33. The zero-order valence-corrected chi connectivity index (χ0v) is 9.43. The summed E-state index contributed by atoms with van der Waals surface area (Å²) in [6.45, 7) is 0. The van der Waals surface area contributed by atoms with Crippen LogP contribution in [0.15, 0.2) is 42.5 Å². The Labute approximate surface area is 103 Å². The quantitative estimate of drug-likeness (QED) is 0.618. The molecule has 84 valence electrons. The third kappa shape index (κ3) is 3.05. The lowest BCUT2D eigenvalue weighted by Crippen LogP contribution is -1.85. The molecule has 0 aromatic heterocycles. The number of hydrogen-bond acceptors (Lipinski definition) is 0. The van der Waals surface area contributed by atoms with Crippen LogP contribution in [0.3, 0.4) is 0 Å². The van der Waals surface area contributed by atoms with Gasteiger partial charge in [-0.2, -0.15) is 0 Å². The molecule has 0 aliphatic carbocycles. The van der Waals surface area contributed by atoms with Crippen molar-refractivity contribution >= 4 is 11.6 Å². The van der Waals surface area contributed by atoms with Crippen LogP contribution >= 0.6 is 11.6 Å². The van der Waals surface area contributed by atoms with Gasteiger partial charge in [-0.15, -0.1) is 0 Å². The second kappa shape index (κ2) is 4.99. The van der Waals surface area contributed by atoms with Crippen LogP contribution in [0.1, 0.15) is 11.1 Å². The number of hydrogen-bond donors (Lipinski definition) is 0. The van der Waals surface area contributed by atoms with Crippen molar-refractivity contribution in [1.29, 1.82) is 0 Å². The first kappa shape index (κ1) is 11.6. The highest BCUT2D eigenvalue weighted by molar-refractivity contribution is 6.30. The SMILES string of the molecule is Fc1ccc(C#Cc2cccc(Cl)c2)c(F)c1. The largest absolute Gasteiger partial charge is 0.207 e. The summed E-state index contributed by atoms with van der Waals surface area (Å²) in [7, 11) is 0. The molecule has 0 unspecified atom stereocenters. The molecular formula is C14H7ClF2. The van der Waals surface area contributed by atoms with Crippen molar-refractivity contribution in [2.75, 3.05) is 0 Å². The van der Waals surface area contributed by atoms with Gasteiger partial charge in [-0.05, 0) is 30.3 Å².